The van der Waals surface area contributed by atoms with Gasteiger partial charge in [0, 0.05) is 5.56 Å². The van der Waals surface area contributed by atoms with Crippen molar-refractivity contribution < 1.29 is 9.50 Å². The second-order valence-electron chi connectivity index (χ2n) is 2.81. The molecule has 1 unspecified atom stereocenters. The van der Waals surface area contributed by atoms with Gasteiger partial charge in [-0.3, -0.25) is 0 Å². The first-order chi connectivity index (χ1) is 6.29. The van der Waals surface area contributed by atoms with E-state index in [1.54, 1.807) is 18.2 Å². The fraction of sp³-hybridized carbons (Fsp3) is 0.400. The molecule has 1 atom stereocenters. The highest BCUT2D eigenvalue weighted by molar-refractivity contribution is 5.21. The third-order valence-corrected chi connectivity index (χ3v) is 1.91. The monoisotopic (exact) mass is 183 g/mol. The fourth-order valence-corrected chi connectivity index (χ4v) is 1.28. The average Bonchev–Trinajstić information content (AvgIpc) is 2.16. The fourth-order valence-electron chi connectivity index (χ4n) is 1.28. The largest absolute Gasteiger partial charge is 0.394 e. The molecule has 0 saturated carbocycles. The Hall–Kier alpha value is -0.930. The van der Waals surface area contributed by atoms with Gasteiger partial charge in [0.05, 0.1) is 12.6 Å². The Kier molecular flexibility index (Phi) is 3.86. The molecule has 2 N–H and O–H groups in total. The predicted octanol–water partition coefficient (Wildman–Crippen LogP) is 1.47. The van der Waals surface area contributed by atoms with Gasteiger partial charge in [-0.25, -0.2) is 4.39 Å². The van der Waals surface area contributed by atoms with Crippen LogP contribution in [0.2, 0.25) is 0 Å². The molecule has 0 spiro atoms. The lowest BCUT2D eigenvalue weighted by molar-refractivity contribution is 0.243. The Balaban J connectivity index is 2.84. The number of halogens is 1. The number of rotatable bonds is 4. The molecule has 0 aliphatic heterocycles. The highest BCUT2D eigenvalue weighted by atomic mass is 19.1. The molecule has 0 radical (unpaired) electrons. The van der Waals surface area contributed by atoms with E-state index < -0.39 is 0 Å². The van der Waals surface area contributed by atoms with Crippen LogP contribution in [-0.2, 0) is 0 Å². The van der Waals surface area contributed by atoms with Crippen molar-refractivity contribution in [2.24, 2.45) is 0 Å². The minimum atomic E-state index is -0.300. The highest BCUT2D eigenvalue weighted by Crippen LogP contribution is 2.15. The van der Waals surface area contributed by atoms with Crippen molar-refractivity contribution in [3.05, 3.63) is 35.6 Å². The molecule has 72 valence electrons. The van der Waals surface area contributed by atoms with Crippen LogP contribution in [0.1, 0.15) is 18.5 Å². The van der Waals surface area contributed by atoms with Gasteiger partial charge in [-0.05, 0) is 12.6 Å². The average molecular weight is 183 g/mol. The third-order valence-electron chi connectivity index (χ3n) is 1.91. The summed E-state index contributed by atoms with van der Waals surface area (Å²) in [5.74, 6) is -0.275. The van der Waals surface area contributed by atoms with Crippen LogP contribution in [0.5, 0.6) is 0 Å². The number of likely N-dealkylation sites (N-methyl/N-ethyl adjacent to an activating group) is 1. The van der Waals surface area contributed by atoms with E-state index in [1.165, 1.54) is 6.07 Å². The lowest BCUT2D eigenvalue weighted by atomic mass is 10.1. The Morgan fingerprint density at radius 1 is 1.46 bits per heavy atom. The summed E-state index contributed by atoms with van der Waals surface area (Å²) in [6.45, 7) is 2.54. The van der Waals surface area contributed by atoms with Gasteiger partial charge >= 0.3 is 0 Å². The zero-order chi connectivity index (χ0) is 9.68. The molecular formula is C10H14FNO. The van der Waals surface area contributed by atoms with Gasteiger partial charge in [0.2, 0.25) is 0 Å². The molecular weight excluding hydrogens is 169 g/mol. The second-order valence-corrected chi connectivity index (χ2v) is 2.81. The molecule has 1 aromatic rings. The van der Waals surface area contributed by atoms with Crippen molar-refractivity contribution in [1.29, 1.82) is 0 Å². The van der Waals surface area contributed by atoms with Crippen molar-refractivity contribution in [3.8, 4) is 0 Å². The molecule has 0 aliphatic carbocycles. The maximum atomic E-state index is 13.2. The quantitative estimate of drug-likeness (QED) is 0.740. The maximum Gasteiger partial charge on any atom is 0.128 e. The molecule has 1 rings (SSSR count). The first-order valence-corrected chi connectivity index (χ1v) is 4.38. The Morgan fingerprint density at radius 2 is 2.15 bits per heavy atom. The molecule has 0 bridgehead atoms. The number of benzene rings is 1. The summed E-state index contributed by atoms with van der Waals surface area (Å²) < 4.78 is 13.2. The van der Waals surface area contributed by atoms with E-state index in [-0.39, 0.29) is 18.5 Å². The predicted molar refractivity (Wildman–Crippen MR) is 49.9 cm³/mol. The van der Waals surface area contributed by atoms with Crippen LogP contribution >= 0.6 is 0 Å². The zero-order valence-electron chi connectivity index (χ0n) is 7.63. The van der Waals surface area contributed by atoms with Crippen LogP contribution < -0.4 is 5.32 Å². The number of aliphatic hydroxyl groups excluding tert-OH is 1. The second kappa shape index (κ2) is 4.94. The molecule has 0 aliphatic rings. The molecule has 3 heteroatoms. The van der Waals surface area contributed by atoms with Gasteiger partial charge in [-0.2, -0.15) is 0 Å². The summed E-state index contributed by atoms with van der Waals surface area (Å²) in [6.07, 6.45) is 0. The summed E-state index contributed by atoms with van der Waals surface area (Å²) in [5, 5.41) is 12.0. The highest BCUT2D eigenvalue weighted by Gasteiger charge is 2.12. The number of hydrogen-bond acceptors (Lipinski definition) is 2. The number of aliphatic hydroxyl groups is 1. The Bertz CT molecular complexity index is 265. The van der Waals surface area contributed by atoms with Gasteiger partial charge in [-0.1, -0.05) is 25.1 Å². The third kappa shape index (κ3) is 2.50. The number of hydrogen-bond donors (Lipinski definition) is 2. The molecule has 0 saturated heterocycles. The number of nitrogens with one attached hydrogen (secondary N) is 1. The molecule has 0 fully saturated rings. The van der Waals surface area contributed by atoms with Crippen LogP contribution in [0.3, 0.4) is 0 Å². The molecule has 1 aromatic carbocycles. The van der Waals surface area contributed by atoms with Crippen molar-refractivity contribution in [2.75, 3.05) is 13.2 Å². The molecule has 13 heavy (non-hydrogen) atoms. The van der Waals surface area contributed by atoms with E-state index in [0.717, 1.165) is 0 Å². The van der Waals surface area contributed by atoms with Gasteiger partial charge in [0.1, 0.15) is 5.82 Å². The van der Waals surface area contributed by atoms with Gasteiger partial charge in [0.25, 0.3) is 0 Å². The van der Waals surface area contributed by atoms with Crippen molar-refractivity contribution in [2.45, 2.75) is 13.0 Å². The van der Waals surface area contributed by atoms with Crippen LogP contribution in [-0.4, -0.2) is 18.3 Å². The zero-order valence-corrected chi connectivity index (χ0v) is 7.63. The van der Waals surface area contributed by atoms with Crippen LogP contribution in [0.25, 0.3) is 0 Å². The SMILES string of the molecule is CCNC(CO)c1ccccc1F. The minimum Gasteiger partial charge on any atom is -0.394 e. The first-order valence-electron chi connectivity index (χ1n) is 4.38. The van der Waals surface area contributed by atoms with E-state index in [9.17, 15) is 4.39 Å². The van der Waals surface area contributed by atoms with E-state index >= 15 is 0 Å². The van der Waals surface area contributed by atoms with Crippen molar-refractivity contribution in [1.82, 2.24) is 5.32 Å². The Labute approximate surface area is 77.4 Å². The summed E-state index contributed by atoms with van der Waals surface area (Å²) in [6, 6.07) is 6.18. The van der Waals surface area contributed by atoms with Crippen LogP contribution in [0.4, 0.5) is 4.39 Å². The lowest BCUT2D eigenvalue weighted by Crippen LogP contribution is -2.24. The molecule has 2 nitrogen and oxygen atoms in total. The normalized spacial score (nSPS) is 12.8. The Morgan fingerprint density at radius 3 is 2.69 bits per heavy atom. The van der Waals surface area contributed by atoms with Gasteiger partial charge in [-0.15, -0.1) is 0 Å². The van der Waals surface area contributed by atoms with Gasteiger partial charge in [0.15, 0.2) is 0 Å². The van der Waals surface area contributed by atoms with Crippen molar-refractivity contribution >= 4 is 0 Å². The van der Waals surface area contributed by atoms with E-state index in [2.05, 4.69) is 5.32 Å². The lowest BCUT2D eigenvalue weighted by Gasteiger charge is -2.15. The summed E-state index contributed by atoms with van der Waals surface area (Å²) in [4.78, 5) is 0. The molecule has 0 aromatic heterocycles. The van der Waals surface area contributed by atoms with E-state index in [0.29, 0.717) is 12.1 Å². The van der Waals surface area contributed by atoms with E-state index in [1.807, 2.05) is 6.92 Å². The van der Waals surface area contributed by atoms with Crippen LogP contribution in [0, 0.1) is 5.82 Å². The standard InChI is InChI=1S/C10H14FNO/c1-2-12-10(7-13)8-5-3-4-6-9(8)11/h3-6,10,12-13H,2,7H2,1H3. The van der Waals surface area contributed by atoms with Crippen molar-refractivity contribution in [3.63, 3.8) is 0 Å². The summed E-state index contributed by atoms with van der Waals surface area (Å²) in [5.41, 5.74) is 0.520. The summed E-state index contributed by atoms with van der Waals surface area (Å²) in [7, 11) is 0. The molecule has 0 amide bonds. The van der Waals surface area contributed by atoms with E-state index in [4.69, 9.17) is 5.11 Å². The van der Waals surface area contributed by atoms with Crippen LogP contribution in [0.15, 0.2) is 24.3 Å². The minimum absolute atomic E-state index is 0.0885. The van der Waals surface area contributed by atoms with Gasteiger partial charge < -0.3 is 10.4 Å². The first kappa shape index (κ1) is 10.2. The topological polar surface area (TPSA) is 32.3 Å². The molecule has 0 heterocycles. The summed E-state index contributed by atoms with van der Waals surface area (Å²) >= 11 is 0. The smallest absolute Gasteiger partial charge is 0.128 e. The maximum absolute atomic E-state index is 13.2.